The van der Waals surface area contributed by atoms with Crippen molar-refractivity contribution in [3.05, 3.63) is 54.1 Å². The fraction of sp³-hybridized carbons (Fsp3) is 0.188. The van der Waals surface area contributed by atoms with Crippen LogP contribution in [0.25, 0.3) is 0 Å². The Kier molecular flexibility index (Phi) is 5.04. The van der Waals surface area contributed by atoms with Crippen LogP contribution in [-0.4, -0.2) is 19.2 Å². The highest BCUT2D eigenvalue weighted by atomic mass is 16.5. The van der Waals surface area contributed by atoms with Gasteiger partial charge < -0.3 is 21.1 Å². The topological polar surface area (TPSA) is 76.4 Å². The first-order chi connectivity index (χ1) is 10.1. The fourth-order valence-electron chi connectivity index (χ4n) is 1.75. The van der Waals surface area contributed by atoms with Crippen LogP contribution in [0.5, 0.6) is 5.75 Å². The van der Waals surface area contributed by atoms with Gasteiger partial charge in [0.2, 0.25) is 0 Å². The highest BCUT2D eigenvalue weighted by Crippen LogP contribution is 2.13. The predicted octanol–water partition coefficient (Wildman–Crippen LogP) is 2.78. The lowest BCUT2D eigenvalue weighted by atomic mass is 10.2. The third-order valence-electron chi connectivity index (χ3n) is 2.82. The van der Waals surface area contributed by atoms with Crippen LogP contribution in [0.15, 0.2) is 48.5 Å². The van der Waals surface area contributed by atoms with E-state index in [-0.39, 0.29) is 6.03 Å². The number of hydrogen-bond acceptors (Lipinski definition) is 3. The summed E-state index contributed by atoms with van der Waals surface area (Å²) in [6.45, 7) is 2.79. The van der Waals surface area contributed by atoms with Crippen molar-refractivity contribution in [1.82, 2.24) is 5.32 Å². The Labute approximate surface area is 124 Å². The third-order valence-corrected chi connectivity index (χ3v) is 2.82. The van der Waals surface area contributed by atoms with Crippen molar-refractivity contribution in [2.45, 2.75) is 6.92 Å². The van der Waals surface area contributed by atoms with E-state index in [1.165, 1.54) is 0 Å². The lowest BCUT2D eigenvalue weighted by molar-refractivity contribution is 0.247. The number of carbonyl (C=O) groups excluding carboxylic acids is 1. The molecule has 0 saturated heterocycles. The molecular weight excluding hydrogens is 266 g/mol. The standard InChI is InChI=1S/C16H19N3O2/c1-12-5-7-14(8-6-12)19-16(20)18-9-10-21-15-4-2-3-13(17)11-15/h2-8,11H,9-10,17H2,1H3,(H2,18,19,20). The zero-order chi connectivity index (χ0) is 15.1. The van der Waals surface area contributed by atoms with E-state index in [0.717, 1.165) is 11.3 Å². The van der Waals surface area contributed by atoms with Crippen molar-refractivity contribution >= 4 is 17.4 Å². The Hall–Kier alpha value is -2.69. The predicted molar refractivity (Wildman–Crippen MR) is 84.5 cm³/mol. The second-order valence-electron chi connectivity index (χ2n) is 4.67. The van der Waals surface area contributed by atoms with Gasteiger partial charge in [-0.05, 0) is 31.2 Å². The monoisotopic (exact) mass is 285 g/mol. The van der Waals surface area contributed by atoms with Crippen LogP contribution >= 0.6 is 0 Å². The van der Waals surface area contributed by atoms with Crippen LogP contribution in [-0.2, 0) is 0 Å². The largest absolute Gasteiger partial charge is 0.492 e. The number of benzene rings is 2. The van der Waals surface area contributed by atoms with Crippen LogP contribution in [0, 0.1) is 6.92 Å². The number of carbonyl (C=O) groups is 1. The van der Waals surface area contributed by atoms with Crippen molar-refractivity contribution in [3.8, 4) is 5.75 Å². The summed E-state index contributed by atoms with van der Waals surface area (Å²) in [5.74, 6) is 0.691. The number of rotatable bonds is 5. The molecule has 0 aliphatic rings. The first-order valence-corrected chi connectivity index (χ1v) is 6.73. The summed E-state index contributed by atoms with van der Waals surface area (Å²) in [5, 5.41) is 5.48. The minimum Gasteiger partial charge on any atom is -0.492 e. The van der Waals surface area contributed by atoms with E-state index in [0.29, 0.717) is 24.6 Å². The molecule has 2 aromatic carbocycles. The summed E-state index contributed by atoms with van der Waals surface area (Å²) in [5.41, 5.74) is 8.21. The molecule has 0 atom stereocenters. The highest BCUT2D eigenvalue weighted by molar-refractivity contribution is 5.89. The Morgan fingerprint density at radius 2 is 1.95 bits per heavy atom. The van der Waals surface area contributed by atoms with Gasteiger partial charge in [0.05, 0.1) is 6.54 Å². The molecule has 5 nitrogen and oxygen atoms in total. The summed E-state index contributed by atoms with van der Waals surface area (Å²) in [4.78, 5) is 11.7. The molecule has 2 aromatic rings. The lowest BCUT2D eigenvalue weighted by Crippen LogP contribution is -2.32. The van der Waals surface area contributed by atoms with E-state index in [4.69, 9.17) is 10.5 Å². The first kappa shape index (κ1) is 14.7. The maximum Gasteiger partial charge on any atom is 0.319 e. The number of nitrogen functional groups attached to an aromatic ring is 1. The Bertz CT molecular complexity index is 597. The summed E-state index contributed by atoms with van der Waals surface area (Å²) in [7, 11) is 0. The van der Waals surface area contributed by atoms with Gasteiger partial charge in [-0.1, -0.05) is 23.8 Å². The van der Waals surface area contributed by atoms with Crippen LogP contribution in [0.1, 0.15) is 5.56 Å². The van der Waals surface area contributed by atoms with E-state index in [2.05, 4.69) is 10.6 Å². The minimum atomic E-state index is -0.255. The lowest BCUT2D eigenvalue weighted by Gasteiger charge is -2.09. The first-order valence-electron chi connectivity index (χ1n) is 6.73. The summed E-state index contributed by atoms with van der Waals surface area (Å²) in [6, 6.07) is 14.5. The van der Waals surface area contributed by atoms with Gasteiger partial charge in [-0.15, -0.1) is 0 Å². The maximum absolute atomic E-state index is 11.7. The molecule has 0 bridgehead atoms. The van der Waals surface area contributed by atoms with E-state index in [1.807, 2.05) is 43.3 Å². The normalized spacial score (nSPS) is 9.95. The summed E-state index contributed by atoms with van der Waals surface area (Å²) >= 11 is 0. The number of amides is 2. The number of urea groups is 1. The molecule has 0 aromatic heterocycles. The van der Waals surface area contributed by atoms with Gasteiger partial charge in [-0.2, -0.15) is 0 Å². The summed E-state index contributed by atoms with van der Waals surface area (Å²) < 4.78 is 5.48. The minimum absolute atomic E-state index is 0.255. The van der Waals surface area contributed by atoms with Crippen molar-refractivity contribution in [1.29, 1.82) is 0 Å². The number of nitrogens with two attached hydrogens (primary N) is 1. The molecule has 0 aliphatic heterocycles. The molecule has 2 rings (SSSR count). The van der Waals surface area contributed by atoms with Crippen LogP contribution in [0.4, 0.5) is 16.2 Å². The molecule has 5 heteroatoms. The number of hydrogen-bond donors (Lipinski definition) is 3. The zero-order valence-corrected chi connectivity index (χ0v) is 11.9. The Balaban J connectivity index is 1.68. The molecule has 4 N–H and O–H groups in total. The molecule has 0 saturated carbocycles. The van der Waals surface area contributed by atoms with Gasteiger partial charge >= 0.3 is 6.03 Å². The molecule has 0 fully saturated rings. The molecule has 21 heavy (non-hydrogen) atoms. The number of aryl methyl sites for hydroxylation is 1. The molecule has 2 amide bonds. The number of ether oxygens (including phenoxy) is 1. The number of anilines is 2. The molecule has 0 radical (unpaired) electrons. The molecule has 0 unspecified atom stereocenters. The SMILES string of the molecule is Cc1ccc(NC(=O)NCCOc2cccc(N)c2)cc1. The second-order valence-corrected chi connectivity index (χ2v) is 4.67. The van der Waals surface area contributed by atoms with Gasteiger partial charge in [0.15, 0.2) is 0 Å². The second kappa shape index (κ2) is 7.19. The van der Waals surface area contributed by atoms with Gasteiger partial charge in [0, 0.05) is 17.4 Å². The van der Waals surface area contributed by atoms with E-state index in [1.54, 1.807) is 12.1 Å². The molecule has 0 spiro atoms. The van der Waals surface area contributed by atoms with Crippen molar-refractivity contribution in [2.75, 3.05) is 24.2 Å². The number of nitrogens with one attached hydrogen (secondary N) is 2. The quantitative estimate of drug-likeness (QED) is 0.584. The van der Waals surface area contributed by atoms with Crippen molar-refractivity contribution in [3.63, 3.8) is 0 Å². The average molecular weight is 285 g/mol. The maximum atomic E-state index is 11.7. The van der Waals surface area contributed by atoms with Crippen LogP contribution in [0.2, 0.25) is 0 Å². The van der Waals surface area contributed by atoms with E-state index in [9.17, 15) is 4.79 Å². The fourth-order valence-corrected chi connectivity index (χ4v) is 1.75. The molecular formula is C16H19N3O2. The average Bonchev–Trinajstić information content (AvgIpc) is 2.46. The third kappa shape index (κ3) is 5.06. The molecule has 110 valence electrons. The van der Waals surface area contributed by atoms with Crippen LogP contribution < -0.4 is 21.1 Å². The van der Waals surface area contributed by atoms with Gasteiger partial charge in [0.1, 0.15) is 12.4 Å². The van der Waals surface area contributed by atoms with E-state index >= 15 is 0 Å². The van der Waals surface area contributed by atoms with Crippen molar-refractivity contribution < 1.29 is 9.53 Å². The van der Waals surface area contributed by atoms with Crippen molar-refractivity contribution in [2.24, 2.45) is 0 Å². The van der Waals surface area contributed by atoms with E-state index < -0.39 is 0 Å². The Morgan fingerprint density at radius 3 is 2.67 bits per heavy atom. The summed E-state index contributed by atoms with van der Waals surface area (Å²) in [6.07, 6.45) is 0. The highest BCUT2D eigenvalue weighted by Gasteiger charge is 2.01. The van der Waals surface area contributed by atoms with Gasteiger partial charge in [-0.3, -0.25) is 0 Å². The smallest absolute Gasteiger partial charge is 0.319 e. The van der Waals surface area contributed by atoms with Gasteiger partial charge in [-0.25, -0.2) is 4.79 Å². The van der Waals surface area contributed by atoms with Gasteiger partial charge in [0.25, 0.3) is 0 Å². The zero-order valence-electron chi connectivity index (χ0n) is 11.9. The Morgan fingerprint density at radius 1 is 1.19 bits per heavy atom. The van der Waals surface area contributed by atoms with Crippen LogP contribution in [0.3, 0.4) is 0 Å². The molecule has 0 heterocycles. The molecule has 0 aliphatic carbocycles.